The van der Waals surface area contributed by atoms with Crippen molar-refractivity contribution in [1.82, 2.24) is 0 Å². The summed E-state index contributed by atoms with van der Waals surface area (Å²) in [4.78, 5) is 22.4. The summed E-state index contributed by atoms with van der Waals surface area (Å²) in [5.41, 5.74) is 10.4. The number of hydrogen-bond donors (Lipinski definition) is 3. The first-order valence-electron chi connectivity index (χ1n) is 6.25. The lowest BCUT2D eigenvalue weighted by Gasteiger charge is -2.27. The number of benzene rings is 1. The molecular weight excluding hydrogens is 260 g/mol. The lowest BCUT2D eigenvalue weighted by molar-refractivity contribution is -0.123. The van der Waals surface area contributed by atoms with Crippen molar-refractivity contribution in [3.63, 3.8) is 0 Å². The van der Waals surface area contributed by atoms with E-state index in [-0.39, 0.29) is 12.2 Å². The molecule has 0 heterocycles. The Kier molecular flexibility index (Phi) is 4.96. The fourth-order valence-electron chi connectivity index (χ4n) is 2.10. The Morgan fingerprint density at radius 2 is 1.80 bits per heavy atom. The number of hydrogen-bond acceptors (Lipinski definition) is 4. The van der Waals surface area contributed by atoms with E-state index in [2.05, 4.69) is 0 Å². The van der Waals surface area contributed by atoms with Crippen molar-refractivity contribution < 1.29 is 19.4 Å². The van der Waals surface area contributed by atoms with Crippen LogP contribution < -0.4 is 11.5 Å². The van der Waals surface area contributed by atoms with E-state index in [1.54, 1.807) is 38.1 Å². The third kappa shape index (κ3) is 5.17. The van der Waals surface area contributed by atoms with Crippen molar-refractivity contribution in [2.24, 2.45) is 17.4 Å². The molecule has 1 aromatic carbocycles. The van der Waals surface area contributed by atoms with Crippen LogP contribution in [0.4, 0.5) is 4.79 Å². The lowest BCUT2D eigenvalue weighted by Crippen LogP contribution is -2.37. The third-order valence-electron chi connectivity index (χ3n) is 2.94. The molecule has 6 heteroatoms. The fraction of sp³-hybridized carbons (Fsp3) is 0.429. The third-order valence-corrected chi connectivity index (χ3v) is 2.94. The zero-order valence-electron chi connectivity index (χ0n) is 11.6. The second-order valence-corrected chi connectivity index (χ2v) is 5.35. The molecule has 0 aliphatic rings. The predicted octanol–water partition coefficient (Wildman–Crippen LogP) is 1.30. The van der Waals surface area contributed by atoms with E-state index < -0.39 is 23.5 Å². The number of phenolic OH excluding ortho intramolecular Hbond substituents is 1. The maximum absolute atomic E-state index is 11.5. The van der Waals surface area contributed by atoms with E-state index >= 15 is 0 Å². The maximum Gasteiger partial charge on any atom is 0.405 e. The van der Waals surface area contributed by atoms with Gasteiger partial charge in [-0.15, -0.1) is 0 Å². The minimum absolute atomic E-state index is 0.154. The van der Waals surface area contributed by atoms with Gasteiger partial charge in [0.15, 0.2) is 0 Å². The summed E-state index contributed by atoms with van der Waals surface area (Å²) in [6.07, 6.45) is -0.212. The molecule has 0 aromatic heterocycles. The Bertz CT molecular complexity index is 482. The van der Waals surface area contributed by atoms with Crippen LogP contribution in [0.3, 0.4) is 0 Å². The minimum atomic E-state index is -0.886. The molecule has 6 nitrogen and oxygen atoms in total. The monoisotopic (exact) mass is 280 g/mol. The number of carbonyl (C=O) groups is 2. The number of nitrogens with two attached hydrogens (primary N) is 2. The van der Waals surface area contributed by atoms with Crippen LogP contribution >= 0.6 is 0 Å². The van der Waals surface area contributed by atoms with Gasteiger partial charge in [0.2, 0.25) is 5.91 Å². The summed E-state index contributed by atoms with van der Waals surface area (Å²) in [5, 5.41) is 9.22. The Hall–Kier alpha value is -2.24. The summed E-state index contributed by atoms with van der Waals surface area (Å²) in [5.74, 6) is -0.810. The Morgan fingerprint density at radius 1 is 1.25 bits per heavy atom. The van der Waals surface area contributed by atoms with Crippen molar-refractivity contribution >= 4 is 12.0 Å². The largest absolute Gasteiger partial charge is 0.508 e. The number of amides is 2. The normalized spacial score (nSPS) is 12.7. The van der Waals surface area contributed by atoms with E-state index in [4.69, 9.17) is 16.2 Å². The molecule has 5 N–H and O–H groups in total. The minimum Gasteiger partial charge on any atom is -0.508 e. The van der Waals surface area contributed by atoms with Crippen molar-refractivity contribution in [3.8, 4) is 5.75 Å². The highest BCUT2D eigenvalue weighted by Crippen LogP contribution is 2.24. The molecule has 0 aliphatic heterocycles. The van der Waals surface area contributed by atoms with E-state index in [0.717, 1.165) is 5.56 Å². The van der Waals surface area contributed by atoms with Gasteiger partial charge in [-0.3, -0.25) is 4.79 Å². The van der Waals surface area contributed by atoms with E-state index in [1.165, 1.54) is 0 Å². The van der Waals surface area contributed by atoms with Gasteiger partial charge >= 0.3 is 6.09 Å². The van der Waals surface area contributed by atoms with Crippen molar-refractivity contribution in [3.05, 3.63) is 29.8 Å². The standard InChI is InChI=1S/C14H20N2O4/c1-14(2,20-13(16)19)8-10(12(15)18)7-9-3-5-11(17)6-4-9/h3-6,10,17H,7-8H2,1-2H3,(H2,15,18)(H2,16,19)/t10-/m0/s1. The van der Waals surface area contributed by atoms with Gasteiger partial charge in [-0.2, -0.15) is 0 Å². The fourth-order valence-corrected chi connectivity index (χ4v) is 2.10. The number of phenols is 1. The Morgan fingerprint density at radius 3 is 2.25 bits per heavy atom. The molecular formula is C14H20N2O4. The number of ether oxygens (including phenoxy) is 1. The van der Waals surface area contributed by atoms with Crippen molar-refractivity contribution in [2.45, 2.75) is 32.3 Å². The van der Waals surface area contributed by atoms with Crippen LogP contribution in [0.25, 0.3) is 0 Å². The highest BCUT2D eigenvalue weighted by Gasteiger charge is 2.29. The number of carbonyl (C=O) groups excluding carboxylic acids is 2. The first kappa shape index (κ1) is 15.8. The number of primary amides is 2. The van der Waals surface area contributed by atoms with Crippen LogP contribution in [0.2, 0.25) is 0 Å². The maximum atomic E-state index is 11.5. The first-order chi connectivity index (χ1) is 9.19. The van der Waals surface area contributed by atoms with Crippen LogP contribution in [0.5, 0.6) is 5.75 Å². The molecule has 1 aromatic rings. The zero-order chi connectivity index (χ0) is 15.3. The summed E-state index contributed by atoms with van der Waals surface area (Å²) in [6.45, 7) is 3.34. The lowest BCUT2D eigenvalue weighted by atomic mass is 9.88. The topological polar surface area (TPSA) is 116 Å². The van der Waals surface area contributed by atoms with Gasteiger partial charge in [-0.05, 0) is 44.4 Å². The van der Waals surface area contributed by atoms with Gasteiger partial charge in [0, 0.05) is 5.92 Å². The van der Waals surface area contributed by atoms with E-state index in [0.29, 0.717) is 6.42 Å². The molecule has 0 saturated carbocycles. The van der Waals surface area contributed by atoms with Crippen LogP contribution in [0.15, 0.2) is 24.3 Å². The average molecular weight is 280 g/mol. The molecule has 0 radical (unpaired) electrons. The SMILES string of the molecule is CC(C)(C[C@H](Cc1ccc(O)cc1)C(N)=O)OC(N)=O. The smallest absolute Gasteiger partial charge is 0.405 e. The molecule has 0 saturated heterocycles. The van der Waals surface area contributed by atoms with E-state index in [9.17, 15) is 14.7 Å². The summed E-state index contributed by atoms with van der Waals surface area (Å²) in [6, 6.07) is 6.51. The average Bonchev–Trinajstić information content (AvgIpc) is 2.29. The highest BCUT2D eigenvalue weighted by molar-refractivity contribution is 5.77. The molecule has 0 fully saturated rings. The van der Waals surface area contributed by atoms with Gasteiger partial charge in [0.05, 0.1) is 0 Å². The Balaban J connectivity index is 2.77. The molecule has 0 bridgehead atoms. The second-order valence-electron chi connectivity index (χ2n) is 5.35. The van der Waals surface area contributed by atoms with Crippen molar-refractivity contribution in [1.29, 1.82) is 0 Å². The van der Waals surface area contributed by atoms with Gasteiger partial charge in [-0.1, -0.05) is 12.1 Å². The van der Waals surface area contributed by atoms with Crippen molar-refractivity contribution in [2.75, 3.05) is 0 Å². The Labute approximate surface area is 117 Å². The second kappa shape index (κ2) is 6.27. The number of aromatic hydroxyl groups is 1. The molecule has 1 rings (SSSR count). The zero-order valence-corrected chi connectivity index (χ0v) is 11.6. The quantitative estimate of drug-likeness (QED) is 0.728. The van der Waals surface area contributed by atoms with E-state index in [1.807, 2.05) is 0 Å². The molecule has 1 atom stereocenters. The summed E-state index contributed by atoms with van der Waals surface area (Å²) in [7, 11) is 0. The van der Waals surface area contributed by atoms with Gasteiger partial charge in [-0.25, -0.2) is 4.79 Å². The first-order valence-corrected chi connectivity index (χ1v) is 6.25. The molecule has 2 amide bonds. The molecule has 110 valence electrons. The van der Waals surface area contributed by atoms with Gasteiger partial charge < -0.3 is 21.3 Å². The van der Waals surface area contributed by atoms with Gasteiger partial charge in [0.25, 0.3) is 0 Å². The van der Waals surface area contributed by atoms with Gasteiger partial charge in [0.1, 0.15) is 11.4 Å². The van der Waals surface area contributed by atoms with Crippen LogP contribution in [-0.4, -0.2) is 22.7 Å². The molecule has 0 spiro atoms. The molecule has 0 unspecified atom stereocenters. The number of rotatable bonds is 6. The summed E-state index contributed by atoms with van der Waals surface area (Å²) < 4.78 is 4.97. The highest BCUT2D eigenvalue weighted by atomic mass is 16.6. The van der Waals surface area contributed by atoms with Crippen LogP contribution in [0, 0.1) is 5.92 Å². The molecule has 20 heavy (non-hydrogen) atoms. The van der Waals surface area contributed by atoms with Crippen LogP contribution in [-0.2, 0) is 16.0 Å². The van der Waals surface area contributed by atoms with Crippen LogP contribution in [0.1, 0.15) is 25.8 Å². The summed E-state index contributed by atoms with van der Waals surface area (Å²) >= 11 is 0. The molecule has 0 aliphatic carbocycles. The predicted molar refractivity (Wildman–Crippen MR) is 73.9 cm³/mol.